The number of likely N-dealkylation sites (N-methyl/N-ethyl adjacent to an activating group) is 1. The van der Waals surface area contributed by atoms with Crippen molar-refractivity contribution in [2.75, 3.05) is 33.2 Å². The highest BCUT2D eigenvalue weighted by Crippen LogP contribution is 2.24. The molecule has 144 valence electrons. The lowest BCUT2D eigenvalue weighted by Crippen LogP contribution is -2.68. The highest BCUT2D eigenvalue weighted by Gasteiger charge is 2.36. The lowest BCUT2D eigenvalue weighted by molar-refractivity contribution is -0.132. The Balaban J connectivity index is 1.61. The Hall–Kier alpha value is -1.43. The van der Waals surface area contributed by atoms with Crippen LogP contribution in [0.3, 0.4) is 0 Å². The second kappa shape index (κ2) is 7.67. The van der Waals surface area contributed by atoms with E-state index in [9.17, 15) is 4.79 Å². The fraction of sp³-hybridized carbons (Fsp3) is 0.667. The largest absolute Gasteiger partial charge is 0.328 e. The number of amides is 1. The number of nitrogens with one attached hydrogen (secondary N) is 2. The monoisotopic (exact) mass is 358 g/mol. The van der Waals surface area contributed by atoms with Crippen LogP contribution in [0.2, 0.25) is 0 Å². The van der Waals surface area contributed by atoms with Crippen molar-refractivity contribution in [2.45, 2.75) is 51.9 Å². The Morgan fingerprint density at radius 1 is 1.08 bits per heavy atom. The first-order chi connectivity index (χ1) is 12.2. The normalized spacial score (nSPS) is 28.8. The average molecular weight is 359 g/mol. The van der Waals surface area contributed by atoms with E-state index in [1.165, 1.54) is 11.1 Å². The molecule has 1 aromatic carbocycles. The van der Waals surface area contributed by atoms with Gasteiger partial charge in [0.2, 0.25) is 5.91 Å². The third-order valence-electron chi connectivity index (χ3n) is 5.82. The summed E-state index contributed by atoms with van der Waals surface area (Å²) in [5.41, 5.74) is 2.71. The molecular formula is C21H34N4O. The molecule has 3 rings (SSSR count). The Labute approximate surface area is 158 Å². The molecule has 0 spiro atoms. The summed E-state index contributed by atoms with van der Waals surface area (Å²) in [7, 11) is 2.15. The zero-order valence-electron chi connectivity index (χ0n) is 16.9. The van der Waals surface area contributed by atoms with Gasteiger partial charge in [-0.05, 0) is 36.9 Å². The van der Waals surface area contributed by atoms with E-state index in [0.29, 0.717) is 0 Å². The Bertz CT molecular complexity index is 614. The number of rotatable bonds is 3. The van der Waals surface area contributed by atoms with Gasteiger partial charge in [-0.25, -0.2) is 0 Å². The molecule has 0 saturated carbocycles. The summed E-state index contributed by atoms with van der Waals surface area (Å²) in [5, 5.41) is 6.81. The summed E-state index contributed by atoms with van der Waals surface area (Å²) in [5.74, 6) is 0.138. The second-order valence-electron chi connectivity index (χ2n) is 8.96. The summed E-state index contributed by atoms with van der Waals surface area (Å²) in [6.45, 7) is 12.9. The molecule has 2 heterocycles. The number of carbonyl (C=O) groups excluding carboxylic acids is 1. The third kappa shape index (κ3) is 4.45. The number of carbonyl (C=O) groups is 1. The van der Waals surface area contributed by atoms with Crippen molar-refractivity contribution in [2.24, 2.45) is 5.92 Å². The number of piperazine rings is 1. The molecule has 1 aromatic rings. The summed E-state index contributed by atoms with van der Waals surface area (Å²) in [6, 6.07) is 8.90. The van der Waals surface area contributed by atoms with E-state index in [0.717, 1.165) is 32.6 Å². The molecule has 2 saturated heterocycles. The highest BCUT2D eigenvalue weighted by molar-refractivity contribution is 5.80. The minimum Gasteiger partial charge on any atom is -0.328 e. The topological polar surface area (TPSA) is 47.6 Å². The van der Waals surface area contributed by atoms with Crippen molar-refractivity contribution < 1.29 is 4.79 Å². The van der Waals surface area contributed by atoms with E-state index in [2.05, 4.69) is 79.4 Å². The van der Waals surface area contributed by atoms with Crippen molar-refractivity contribution in [1.29, 1.82) is 0 Å². The van der Waals surface area contributed by atoms with Crippen LogP contribution in [0.5, 0.6) is 0 Å². The molecule has 2 aliphatic heterocycles. The maximum Gasteiger partial charge on any atom is 0.227 e. The minimum absolute atomic E-state index is 0.0285. The van der Waals surface area contributed by atoms with Crippen LogP contribution in [0.1, 0.15) is 38.8 Å². The van der Waals surface area contributed by atoms with Crippen molar-refractivity contribution in [3.05, 3.63) is 35.4 Å². The van der Waals surface area contributed by atoms with Crippen LogP contribution in [0.25, 0.3) is 0 Å². The summed E-state index contributed by atoms with van der Waals surface area (Å²) in [6.07, 6.45) is 0.741. The zero-order chi connectivity index (χ0) is 18.9. The predicted octanol–water partition coefficient (Wildman–Crippen LogP) is 1.78. The van der Waals surface area contributed by atoms with Gasteiger partial charge in [0.25, 0.3) is 0 Å². The first-order valence-corrected chi connectivity index (χ1v) is 9.82. The van der Waals surface area contributed by atoms with Crippen molar-refractivity contribution in [3.8, 4) is 0 Å². The van der Waals surface area contributed by atoms with Crippen LogP contribution < -0.4 is 10.6 Å². The van der Waals surface area contributed by atoms with Gasteiger partial charge in [0.1, 0.15) is 6.29 Å². The van der Waals surface area contributed by atoms with Crippen molar-refractivity contribution in [1.82, 2.24) is 20.4 Å². The molecule has 5 heteroatoms. The second-order valence-corrected chi connectivity index (χ2v) is 8.96. The quantitative estimate of drug-likeness (QED) is 0.865. The Morgan fingerprint density at radius 3 is 2.23 bits per heavy atom. The number of benzene rings is 1. The summed E-state index contributed by atoms with van der Waals surface area (Å²) >= 11 is 0. The van der Waals surface area contributed by atoms with E-state index < -0.39 is 0 Å². The molecule has 3 atom stereocenters. The SMILES string of the molecule is CC1NC(N2CCN(C)CC2)NC(=O)C1Cc1ccc(C(C)(C)C)cc1. The Kier molecular flexibility index (Phi) is 5.70. The molecule has 0 aromatic heterocycles. The van der Waals surface area contributed by atoms with Crippen LogP contribution in [0, 0.1) is 5.92 Å². The molecule has 26 heavy (non-hydrogen) atoms. The van der Waals surface area contributed by atoms with Crippen LogP contribution in [0.15, 0.2) is 24.3 Å². The van der Waals surface area contributed by atoms with Crippen LogP contribution in [0.4, 0.5) is 0 Å². The van der Waals surface area contributed by atoms with E-state index in [-0.39, 0.29) is 29.6 Å². The van der Waals surface area contributed by atoms with Crippen molar-refractivity contribution >= 4 is 5.91 Å². The molecule has 0 bridgehead atoms. The lowest BCUT2D eigenvalue weighted by Gasteiger charge is -2.44. The average Bonchev–Trinajstić information content (AvgIpc) is 2.58. The predicted molar refractivity (Wildman–Crippen MR) is 106 cm³/mol. The number of hydrogen-bond donors (Lipinski definition) is 2. The van der Waals surface area contributed by atoms with Gasteiger partial charge >= 0.3 is 0 Å². The lowest BCUT2D eigenvalue weighted by atomic mass is 9.85. The van der Waals surface area contributed by atoms with E-state index in [1.54, 1.807) is 0 Å². The van der Waals surface area contributed by atoms with Gasteiger partial charge in [0.05, 0.1) is 5.92 Å². The van der Waals surface area contributed by atoms with Gasteiger partial charge in [-0.15, -0.1) is 0 Å². The Morgan fingerprint density at radius 2 is 1.69 bits per heavy atom. The molecule has 5 nitrogen and oxygen atoms in total. The maximum atomic E-state index is 12.8. The van der Waals surface area contributed by atoms with E-state index in [4.69, 9.17) is 0 Å². The van der Waals surface area contributed by atoms with Crippen molar-refractivity contribution in [3.63, 3.8) is 0 Å². The fourth-order valence-corrected chi connectivity index (χ4v) is 3.82. The molecule has 2 aliphatic rings. The molecular weight excluding hydrogens is 324 g/mol. The zero-order valence-corrected chi connectivity index (χ0v) is 16.9. The molecule has 0 radical (unpaired) electrons. The molecule has 1 amide bonds. The maximum absolute atomic E-state index is 12.8. The fourth-order valence-electron chi connectivity index (χ4n) is 3.82. The summed E-state index contributed by atoms with van der Waals surface area (Å²) < 4.78 is 0. The van der Waals surface area contributed by atoms with Crippen LogP contribution in [-0.4, -0.2) is 61.3 Å². The van der Waals surface area contributed by atoms with Gasteiger partial charge in [-0.2, -0.15) is 0 Å². The highest BCUT2D eigenvalue weighted by atomic mass is 16.2. The first-order valence-electron chi connectivity index (χ1n) is 9.82. The number of nitrogens with zero attached hydrogens (tertiary/aromatic N) is 2. The molecule has 2 fully saturated rings. The third-order valence-corrected chi connectivity index (χ3v) is 5.82. The van der Waals surface area contributed by atoms with Gasteiger partial charge in [-0.1, -0.05) is 45.0 Å². The molecule has 0 aliphatic carbocycles. The molecule has 3 unspecified atom stereocenters. The molecule has 2 N–H and O–H groups in total. The minimum atomic E-state index is -0.0364. The van der Waals surface area contributed by atoms with E-state index in [1.807, 2.05) is 0 Å². The van der Waals surface area contributed by atoms with Gasteiger partial charge in [0, 0.05) is 32.2 Å². The van der Waals surface area contributed by atoms with Crippen LogP contribution in [-0.2, 0) is 16.6 Å². The first kappa shape index (κ1) is 19.3. The van der Waals surface area contributed by atoms with Gasteiger partial charge < -0.3 is 10.2 Å². The van der Waals surface area contributed by atoms with E-state index >= 15 is 0 Å². The summed E-state index contributed by atoms with van der Waals surface area (Å²) in [4.78, 5) is 17.4. The van der Waals surface area contributed by atoms with Gasteiger partial charge in [-0.3, -0.25) is 15.0 Å². The smallest absolute Gasteiger partial charge is 0.227 e. The standard InChI is InChI=1S/C21H34N4O/c1-15-18(14-16-6-8-17(9-7-16)21(2,3)4)19(26)23-20(22-15)25-12-10-24(5)11-13-25/h6-9,15,18,20,22H,10-14H2,1-5H3,(H,23,26). The van der Waals surface area contributed by atoms with Crippen LogP contribution >= 0.6 is 0 Å². The van der Waals surface area contributed by atoms with Gasteiger partial charge in [0.15, 0.2) is 0 Å². The number of hydrogen-bond acceptors (Lipinski definition) is 4.